The maximum absolute atomic E-state index is 10.2. The number of halogens is 1. The molecule has 0 bridgehead atoms. The molecule has 42 valence electrons. The maximum atomic E-state index is 10.2. The molecule has 0 spiro atoms. The van der Waals surface area contributed by atoms with Crippen LogP contribution in [0.2, 0.25) is 0 Å². The zero-order chi connectivity index (χ0) is 5.86. The second kappa shape index (κ2) is 3.37. The van der Waals surface area contributed by atoms with Crippen LogP contribution in [-0.2, 0) is 4.79 Å². The van der Waals surface area contributed by atoms with Crippen LogP contribution in [0.4, 0.5) is 0 Å². The summed E-state index contributed by atoms with van der Waals surface area (Å²) in [5.41, 5.74) is 5.26. The van der Waals surface area contributed by atoms with Gasteiger partial charge in [-0.05, 0) is 6.42 Å². The van der Waals surface area contributed by atoms with Crippen molar-refractivity contribution in [1.29, 1.82) is 0 Å². The Balaban J connectivity index is 3.34. The Hall–Kier alpha value is 0.360. The van der Waals surface area contributed by atoms with Crippen molar-refractivity contribution in [2.75, 3.05) is 0 Å². The van der Waals surface area contributed by atoms with Crippen LogP contribution in [0, 0.1) is 0 Å². The van der Waals surface area contributed by atoms with Gasteiger partial charge in [0.05, 0.1) is 6.04 Å². The molecule has 2 N–H and O–H groups in total. The molecular formula is C4H8INO. The summed E-state index contributed by atoms with van der Waals surface area (Å²) in [4.78, 5) is 10.2. The van der Waals surface area contributed by atoms with Crippen molar-refractivity contribution in [3.63, 3.8) is 0 Å². The van der Waals surface area contributed by atoms with Gasteiger partial charge in [0.15, 0.2) is 0 Å². The number of carbonyl (C=O) groups is 1. The van der Waals surface area contributed by atoms with Gasteiger partial charge in [-0.2, -0.15) is 0 Å². The molecule has 0 amide bonds. The summed E-state index contributed by atoms with van der Waals surface area (Å²) < 4.78 is 0.0418. The third-order valence-corrected chi connectivity index (χ3v) is 1.53. The van der Waals surface area contributed by atoms with Crippen molar-refractivity contribution in [2.24, 2.45) is 5.73 Å². The zero-order valence-electron chi connectivity index (χ0n) is 4.15. The summed E-state index contributed by atoms with van der Waals surface area (Å²) >= 11 is 1.70. The van der Waals surface area contributed by atoms with Crippen LogP contribution in [-0.4, -0.2) is 9.83 Å². The predicted molar refractivity (Wildman–Crippen MR) is 37.3 cm³/mol. The minimum atomic E-state index is -0.249. The molecule has 2 nitrogen and oxygen atoms in total. The molecule has 0 aromatic carbocycles. The first kappa shape index (κ1) is 7.36. The molecule has 0 aliphatic rings. The highest BCUT2D eigenvalue weighted by atomic mass is 127. The Kier molecular flexibility index (Phi) is 3.55. The zero-order valence-corrected chi connectivity index (χ0v) is 6.31. The Bertz CT molecular complexity index is 74.1. The first-order chi connectivity index (χ1) is 3.18. The SMILES string of the molecule is CCC(N)C(=O)I. The summed E-state index contributed by atoms with van der Waals surface area (Å²) in [6.45, 7) is 1.89. The number of hydrogen-bond acceptors (Lipinski definition) is 2. The van der Waals surface area contributed by atoms with E-state index in [1.807, 2.05) is 6.92 Å². The fraction of sp³-hybridized carbons (Fsp3) is 0.750. The van der Waals surface area contributed by atoms with Crippen molar-refractivity contribution in [1.82, 2.24) is 0 Å². The van der Waals surface area contributed by atoms with Gasteiger partial charge in [-0.15, -0.1) is 0 Å². The van der Waals surface area contributed by atoms with Gasteiger partial charge in [0.2, 0.25) is 3.79 Å². The standard InChI is InChI=1S/C4H8INO/c1-2-3(6)4(5)7/h3H,2,6H2,1H3. The van der Waals surface area contributed by atoms with Crippen molar-refractivity contribution in [2.45, 2.75) is 19.4 Å². The summed E-state index contributed by atoms with van der Waals surface area (Å²) in [5.74, 6) is 0. The lowest BCUT2D eigenvalue weighted by molar-refractivity contribution is -0.110. The van der Waals surface area contributed by atoms with Gasteiger partial charge in [0, 0.05) is 22.6 Å². The molecule has 0 aromatic heterocycles. The average molecular weight is 213 g/mol. The molecule has 1 atom stereocenters. The van der Waals surface area contributed by atoms with Gasteiger partial charge in [0.1, 0.15) is 0 Å². The first-order valence-corrected chi connectivity index (χ1v) is 3.21. The van der Waals surface area contributed by atoms with Crippen LogP contribution >= 0.6 is 22.6 Å². The molecule has 0 aliphatic carbocycles. The van der Waals surface area contributed by atoms with E-state index < -0.39 is 0 Å². The van der Waals surface area contributed by atoms with E-state index in [4.69, 9.17) is 5.73 Å². The van der Waals surface area contributed by atoms with Gasteiger partial charge in [0.25, 0.3) is 0 Å². The monoisotopic (exact) mass is 213 g/mol. The topological polar surface area (TPSA) is 43.1 Å². The Labute approximate surface area is 56.6 Å². The van der Waals surface area contributed by atoms with E-state index in [0.29, 0.717) is 0 Å². The number of hydrogen-bond donors (Lipinski definition) is 1. The fourth-order valence-electron chi connectivity index (χ4n) is 0.160. The molecule has 0 heterocycles. The maximum Gasteiger partial charge on any atom is 0.208 e. The van der Waals surface area contributed by atoms with E-state index in [2.05, 4.69) is 0 Å². The van der Waals surface area contributed by atoms with Gasteiger partial charge < -0.3 is 5.73 Å². The molecule has 0 fully saturated rings. The quantitative estimate of drug-likeness (QED) is 0.541. The molecule has 1 unspecified atom stereocenters. The third kappa shape index (κ3) is 2.99. The first-order valence-electron chi connectivity index (χ1n) is 2.13. The predicted octanol–water partition coefficient (Wildman–Crippen LogP) is 0.685. The second-order valence-corrected chi connectivity index (χ2v) is 2.38. The van der Waals surface area contributed by atoms with Crippen LogP contribution in [0.15, 0.2) is 0 Å². The van der Waals surface area contributed by atoms with Crippen LogP contribution in [0.5, 0.6) is 0 Å². The normalized spacial score (nSPS) is 13.6. The molecule has 0 saturated heterocycles. The molecule has 0 radical (unpaired) electrons. The Morgan fingerprint density at radius 2 is 2.43 bits per heavy atom. The number of nitrogens with two attached hydrogens (primary N) is 1. The lowest BCUT2D eigenvalue weighted by atomic mass is 10.3. The highest BCUT2D eigenvalue weighted by molar-refractivity contribution is 14.1. The summed E-state index contributed by atoms with van der Waals surface area (Å²) in [5, 5.41) is 0. The van der Waals surface area contributed by atoms with Gasteiger partial charge in [-0.3, -0.25) is 4.79 Å². The minimum Gasteiger partial charge on any atom is -0.321 e. The van der Waals surface area contributed by atoms with E-state index in [1.165, 1.54) is 0 Å². The Morgan fingerprint density at radius 3 is 2.43 bits per heavy atom. The summed E-state index contributed by atoms with van der Waals surface area (Å²) in [7, 11) is 0. The highest BCUT2D eigenvalue weighted by Gasteiger charge is 2.03. The molecular weight excluding hydrogens is 205 g/mol. The molecule has 7 heavy (non-hydrogen) atoms. The van der Waals surface area contributed by atoms with E-state index >= 15 is 0 Å². The van der Waals surface area contributed by atoms with Crippen LogP contribution in [0.3, 0.4) is 0 Å². The van der Waals surface area contributed by atoms with Gasteiger partial charge in [-0.25, -0.2) is 0 Å². The molecule has 3 heteroatoms. The number of rotatable bonds is 2. The molecule has 0 aliphatic heterocycles. The average Bonchev–Trinajstić information content (AvgIpc) is 1.65. The van der Waals surface area contributed by atoms with E-state index in [0.717, 1.165) is 6.42 Å². The van der Waals surface area contributed by atoms with Gasteiger partial charge >= 0.3 is 0 Å². The van der Waals surface area contributed by atoms with Crippen LogP contribution in [0.1, 0.15) is 13.3 Å². The number of carbonyl (C=O) groups excluding carboxylic acids is 1. The summed E-state index contributed by atoms with van der Waals surface area (Å²) in [6, 6.07) is -0.249. The van der Waals surface area contributed by atoms with E-state index in [-0.39, 0.29) is 9.83 Å². The van der Waals surface area contributed by atoms with Gasteiger partial charge in [-0.1, -0.05) is 6.92 Å². The summed E-state index contributed by atoms with van der Waals surface area (Å²) in [6.07, 6.45) is 0.738. The molecule has 0 rings (SSSR count). The van der Waals surface area contributed by atoms with E-state index in [1.54, 1.807) is 22.6 Å². The fourth-order valence-corrected chi connectivity index (χ4v) is 0.601. The third-order valence-electron chi connectivity index (χ3n) is 0.731. The van der Waals surface area contributed by atoms with Crippen molar-refractivity contribution in [3.8, 4) is 0 Å². The van der Waals surface area contributed by atoms with Crippen molar-refractivity contribution >= 4 is 26.4 Å². The van der Waals surface area contributed by atoms with E-state index in [9.17, 15) is 4.79 Å². The highest BCUT2D eigenvalue weighted by Crippen LogP contribution is 1.94. The van der Waals surface area contributed by atoms with Crippen LogP contribution < -0.4 is 5.73 Å². The van der Waals surface area contributed by atoms with Crippen molar-refractivity contribution < 1.29 is 4.79 Å². The molecule has 0 saturated carbocycles. The van der Waals surface area contributed by atoms with Crippen LogP contribution in [0.25, 0.3) is 0 Å². The smallest absolute Gasteiger partial charge is 0.208 e. The minimum absolute atomic E-state index is 0.0418. The van der Waals surface area contributed by atoms with Crippen molar-refractivity contribution in [3.05, 3.63) is 0 Å². The lowest BCUT2D eigenvalue weighted by Crippen LogP contribution is -2.24. The Morgan fingerprint density at radius 1 is 2.00 bits per heavy atom. The lowest BCUT2D eigenvalue weighted by Gasteiger charge is -1.97. The second-order valence-electron chi connectivity index (χ2n) is 1.32. The largest absolute Gasteiger partial charge is 0.321 e. The molecule has 0 aromatic rings.